The van der Waals surface area contributed by atoms with Gasteiger partial charge in [0.25, 0.3) is 0 Å². The Morgan fingerprint density at radius 2 is 2.00 bits per heavy atom. The lowest BCUT2D eigenvalue weighted by molar-refractivity contribution is 0.538. The van der Waals surface area contributed by atoms with Gasteiger partial charge in [-0.15, -0.1) is 0 Å². The summed E-state index contributed by atoms with van der Waals surface area (Å²) in [4.78, 5) is 4.38. The first-order valence-corrected chi connectivity index (χ1v) is 6.90. The van der Waals surface area contributed by atoms with Crippen LogP contribution >= 0.6 is 22.6 Å². The fraction of sp³-hybridized carbons (Fsp3) is 0.214. The molecule has 0 saturated carbocycles. The lowest BCUT2D eigenvalue weighted by Gasteiger charge is -2.16. The van der Waals surface area contributed by atoms with Crippen LogP contribution in [-0.4, -0.2) is 4.98 Å². The summed E-state index contributed by atoms with van der Waals surface area (Å²) in [7, 11) is 0. The molecule has 0 aliphatic carbocycles. The fourth-order valence-electron chi connectivity index (χ4n) is 1.86. The number of pyridine rings is 1. The molecule has 2 aromatic rings. The van der Waals surface area contributed by atoms with Crippen LogP contribution in [0.4, 0.5) is 0 Å². The second-order valence-corrected chi connectivity index (χ2v) is 5.55. The van der Waals surface area contributed by atoms with Gasteiger partial charge in [-0.1, -0.05) is 12.1 Å². The van der Waals surface area contributed by atoms with Crippen molar-refractivity contribution in [2.24, 2.45) is 5.84 Å². The minimum atomic E-state index is 0.0463. The molecule has 0 bridgehead atoms. The normalized spacial score (nSPS) is 12.4. The molecule has 0 spiro atoms. The average molecular weight is 353 g/mol. The molecular weight excluding hydrogens is 337 g/mol. The third-order valence-electron chi connectivity index (χ3n) is 2.85. The van der Waals surface area contributed by atoms with Gasteiger partial charge in [0.05, 0.1) is 11.7 Å². The van der Waals surface area contributed by atoms with Crippen molar-refractivity contribution in [1.29, 1.82) is 0 Å². The fourth-order valence-corrected chi connectivity index (χ4v) is 2.21. The monoisotopic (exact) mass is 353 g/mol. The zero-order valence-corrected chi connectivity index (χ0v) is 12.4. The Balaban J connectivity index is 2.17. The van der Waals surface area contributed by atoms with Gasteiger partial charge in [0.1, 0.15) is 0 Å². The van der Waals surface area contributed by atoms with Gasteiger partial charge in [-0.25, -0.2) is 0 Å². The Hall–Kier alpha value is -0.980. The van der Waals surface area contributed by atoms with Crippen molar-refractivity contribution in [2.45, 2.75) is 19.4 Å². The number of halogens is 1. The van der Waals surface area contributed by atoms with E-state index in [0.717, 1.165) is 12.1 Å². The number of nitrogens with one attached hydrogen (secondary N) is 1. The Labute approximate surface area is 121 Å². The van der Waals surface area contributed by atoms with Crippen molar-refractivity contribution in [3.8, 4) is 0 Å². The van der Waals surface area contributed by atoms with Gasteiger partial charge in [-0.3, -0.25) is 16.3 Å². The Morgan fingerprint density at radius 1 is 1.28 bits per heavy atom. The minimum absolute atomic E-state index is 0.0463. The maximum absolute atomic E-state index is 5.64. The number of nitrogens with zero attached hydrogens (tertiary/aromatic N) is 1. The summed E-state index contributed by atoms with van der Waals surface area (Å²) in [6.07, 6.45) is 2.66. The minimum Gasteiger partial charge on any atom is -0.271 e. The summed E-state index contributed by atoms with van der Waals surface area (Å²) in [5.41, 5.74) is 6.28. The molecule has 3 nitrogen and oxygen atoms in total. The largest absolute Gasteiger partial charge is 0.271 e. The molecule has 0 aliphatic rings. The number of aryl methyl sites for hydroxylation is 1. The Bertz CT molecular complexity index is 511. The maximum Gasteiger partial charge on any atom is 0.0672 e. The highest BCUT2D eigenvalue weighted by Crippen LogP contribution is 2.17. The standard InChI is InChI=1S/C14H16IN3/c1-10-6-7-17-13(8-10)14(18-16)9-11-2-4-12(15)5-3-11/h2-8,14,18H,9,16H2,1H3. The maximum atomic E-state index is 5.64. The van der Waals surface area contributed by atoms with Crippen LogP contribution in [0.3, 0.4) is 0 Å². The highest BCUT2D eigenvalue weighted by atomic mass is 127. The average Bonchev–Trinajstić information content (AvgIpc) is 2.38. The molecule has 1 atom stereocenters. The van der Waals surface area contributed by atoms with Crippen molar-refractivity contribution in [1.82, 2.24) is 10.4 Å². The first-order chi connectivity index (χ1) is 8.69. The first kappa shape index (κ1) is 13.5. The number of rotatable bonds is 4. The third kappa shape index (κ3) is 3.51. The molecular formula is C14H16IN3. The van der Waals surface area contributed by atoms with E-state index in [9.17, 15) is 0 Å². The summed E-state index contributed by atoms with van der Waals surface area (Å²) in [6, 6.07) is 12.6. The molecule has 1 aromatic carbocycles. The summed E-state index contributed by atoms with van der Waals surface area (Å²) >= 11 is 2.30. The van der Waals surface area contributed by atoms with Crippen molar-refractivity contribution >= 4 is 22.6 Å². The molecule has 0 saturated heterocycles. The molecule has 1 heterocycles. The summed E-state index contributed by atoms with van der Waals surface area (Å²) in [5.74, 6) is 5.64. The summed E-state index contributed by atoms with van der Waals surface area (Å²) in [5, 5.41) is 0. The van der Waals surface area contributed by atoms with E-state index in [2.05, 4.69) is 70.3 Å². The van der Waals surface area contributed by atoms with Crippen LogP contribution in [0.5, 0.6) is 0 Å². The molecule has 1 unspecified atom stereocenters. The first-order valence-electron chi connectivity index (χ1n) is 5.82. The SMILES string of the molecule is Cc1ccnc(C(Cc2ccc(I)cc2)NN)c1. The quantitative estimate of drug-likeness (QED) is 0.505. The number of hydrogen-bond donors (Lipinski definition) is 2. The van der Waals surface area contributed by atoms with E-state index in [0.29, 0.717) is 0 Å². The zero-order valence-electron chi connectivity index (χ0n) is 10.2. The molecule has 18 heavy (non-hydrogen) atoms. The highest BCUT2D eigenvalue weighted by molar-refractivity contribution is 14.1. The number of aromatic nitrogens is 1. The number of hydrogen-bond acceptors (Lipinski definition) is 3. The van der Waals surface area contributed by atoms with Crippen molar-refractivity contribution in [2.75, 3.05) is 0 Å². The van der Waals surface area contributed by atoms with Gasteiger partial charge in [0, 0.05) is 9.77 Å². The van der Waals surface area contributed by atoms with Crippen LogP contribution in [0, 0.1) is 10.5 Å². The van der Waals surface area contributed by atoms with Gasteiger partial charge >= 0.3 is 0 Å². The molecule has 0 radical (unpaired) electrons. The van der Waals surface area contributed by atoms with E-state index in [-0.39, 0.29) is 6.04 Å². The van der Waals surface area contributed by atoms with Gasteiger partial charge in [0.2, 0.25) is 0 Å². The Morgan fingerprint density at radius 3 is 2.61 bits per heavy atom. The molecule has 0 aliphatic heterocycles. The Kier molecular flexibility index (Phi) is 4.68. The van der Waals surface area contributed by atoms with Crippen LogP contribution in [-0.2, 0) is 6.42 Å². The van der Waals surface area contributed by atoms with Gasteiger partial charge in [-0.05, 0) is 71.3 Å². The van der Waals surface area contributed by atoms with Crippen molar-refractivity contribution in [3.63, 3.8) is 0 Å². The smallest absolute Gasteiger partial charge is 0.0672 e. The van der Waals surface area contributed by atoms with Gasteiger partial charge < -0.3 is 0 Å². The van der Waals surface area contributed by atoms with E-state index in [1.54, 1.807) is 0 Å². The molecule has 3 N–H and O–H groups in total. The van der Waals surface area contributed by atoms with Crippen LogP contribution in [0.2, 0.25) is 0 Å². The van der Waals surface area contributed by atoms with Gasteiger partial charge in [-0.2, -0.15) is 0 Å². The predicted molar refractivity (Wildman–Crippen MR) is 81.9 cm³/mol. The van der Waals surface area contributed by atoms with Crippen LogP contribution in [0.25, 0.3) is 0 Å². The summed E-state index contributed by atoms with van der Waals surface area (Å²) < 4.78 is 1.24. The van der Waals surface area contributed by atoms with Gasteiger partial charge in [0.15, 0.2) is 0 Å². The lowest BCUT2D eigenvalue weighted by Crippen LogP contribution is -2.30. The van der Waals surface area contributed by atoms with E-state index in [4.69, 9.17) is 5.84 Å². The molecule has 2 rings (SSSR count). The third-order valence-corrected chi connectivity index (χ3v) is 3.57. The second kappa shape index (κ2) is 6.26. The van der Waals surface area contributed by atoms with Crippen LogP contribution in [0.15, 0.2) is 42.6 Å². The van der Waals surface area contributed by atoms with E-state index < -0.39 is 0 Å². The molecule has 1 aromatic heterocycles. The number of hydrazine groups is 1. The molecule has 4 heteroatoms. The topological polar surface area (TPSA) is 50.9 Å². The second-order valence-electron chi connectivity index (χ2n) is 4.31. The van der Waals surface area contributed by atoms with Crippen LogP contribution in [0.1, 0.15) is 22.9 Å². The molecule has 0 fully saturated rings. The molecule has 94 valence electrons. The van der Waals surface area contributed by atoms with Crippen LogP contribution < -0.4 is 11.3 Å². The van der Waals surface area contributed by atoms with E-state index in [1.807, 2.05) is 12.3 Å². The lowest BCUT2D eigenvalue weighted by atomic mass is 10.0. The van der Waals surface area contributed by atoms with Crippen molar-refractivity contribution in [3.05, 3.63) is 63.0 Å². The number of benzene rings is 1. The summed E-state index contributed by atoms with van der Waals surface area (Å²) in [6.45, 7) is 2.06. The van der Waals surface area contributed by atoms with Crippen molar-refractivity contribution < 1.29 is 0 Å². The predicted octanol–water partition coefficient (Wildman–Crippen LogP) is 2.74. The highest BCUT2D eigenvalue weighted by Gasteiger charge is 2.11. The number of nitrogens with two attached hydrogens (primary N) is 1. The zero-order chi connectivity index (χ0) is 13.0. The van der Waals surface area contributed by atoms with E-state index >= 15 is 0 Å². The molecule has 0 amide bonds. The van der Waals surface area contributed by atoms with E-state index in [1.165, 1.54) is 14.7 Å².